The minimum absolute atomic E-state index is 0.125. The van der Waals surface area contributed by atoms with E-state index in [4.69, 9.17) is 11.6 Å². The second-order valence-corrected chi connectivity index (χ2v) is 5.85. The fourth-order valence-corrected chi connectivity index (χ4v) is 2.63. The van der Waals surface area contributed by atoms with Crippen molar-refractivity contribution in [2.24, 2.45) is 0 Å². The molecule has 1 aromatic carbocycles. The van der Waals surface area contributed by atoms with Crippen LogP contribution in [0.3, 0.4) is 0 Å². The minimum atomic E-state index is -0.622. The lowest BCUT2D eigenvalue weighted by atomic mass is 10.1. The molecule has 1 N–H and O–H groups in total. The van der Waals surface area contributed by atoms with Crippen molar-refractivity contribution < 1.29 is 4.79 Å². The van der Waals surface area contributed by atoms with Crippen LogP contribution in [0.5, 0.6) is 0 Å². The topological polar surface area (TPSA) is 35.6 Å². The van der Waals surface area contributed by atoms with Crippen molar-refractivity contribution >= 4 is 17.5 Å². The third-order valence-electron chi connectivity index (χ3n) is 3.81. The van der Waals surface area contributed by atoms with Crippen molar-refractivity contribution in [3.05, 3.63) is 35.9 Å². The first-order chi connectivity index (χ1) is 9.58. The molecule has 4 nitrogen and oxygen atoms in total. The molecule has 0 spiro atoms. The molecular weight excluding hydrogens is 274 g/mol. The van der Waals surface area contributed by atoms with Gasteiger partial charge in [-0.3, -0.25) is 9.69 Å². The van der Waals surface area contributed by atoms with Crippen LogP contribution in [0.1, 0.15) is 10.9 Å². The number of benzene rings is 1. The number of alkyl halides is 1. The summed E-state index contributed by atoms with van der Waals surface area (Å²) in [5, 5.41) is 2.34. The minimum Gasteiger partial charge on any atom is -0.353 e. The molecule has 2 rings (SSSR count). The summed E-state index contributed by atoms with van der Waals surface area (Å²) >= 11 is 6.20. The van der Waals surface area contributed by atoms with Crippen molar-refractivity contribution in [2.45, 2.75) is 11.4 Å². The van der Waals surface area contributed by atoms with Crippen molar-refractivity contribution in [1.82, 2.24) is 15.1 Å². The number of hydrogen-bond acceptors (Lipinski definition) is 3. The zero-order chi connectivity index (χ0) is 14.5. The number of piperazine rings is 1. The van der Waals surface area contributed by atoms with Gasteiger partial charge in [-0.15, -0.1) is 11.6 Å². The first-order valence-electron chi connectivity index (χ1n) is 6.93. The Morgan fingerprint density at radius 3 is 2.75 bits per heavy atom. The maximum Gasteiger partial charge on any atom is 0.242 e. The first-order valence-corrected chi connectivity index (χ1v) is 7.37. The van der Waals surface area contributed by atoms with E-state index < -0.39 is 5.38 Å². The number of amides is 1. The van der Waals surface area contributed by atoms with Gasteiger partial charge in [-0.25, -0.2) is 0 Å². The summed E-state index contributed by atoms with van der Waals surface area (Å²) in [5.41, 5.74) is 0.834. The van der Waals surface area contributed by atoms with E-state index in [9.17, 15) is 4.79 Å². The number of carbonyl (C=O) groups is 1. The van der Waals surface area contributed by atoms with E-state index >= 15 is 0 Å². The van der Waals surface area contributed by atoms with Crippen LogP contribution < -0.4 is 5.32 Å². The van der Waals surface area contributed by atoms with Gasteiger partial charge in [-0.2, -0.15) is 0 Å². The summed E-state index contributed by atoms with van der Waals surface area (Å²) in [6, 6.07) is 9.79. The number of rotatable bonds is 4. The molecule has 0 aromatic heterocycles. The maximum absolute atomic E-state index is 12.1. The van der Waals surface area contributed by atoms with E-state index in [0.717, 1.165) is 25.2 Å². The average Bonchev–Trinajstić information content (AvgIpc) is 2.48. The summed E-state index contributed by atoms with van der Waals surface area (Å²) in [5.74, 6) is -0.125. The smallest absolute Gasteiger partial charge is 0.242 e. The van der Waals surface area contributed by atoms with Crippen LogP contribution in [0.4, 0.5) is 0 Å². The van der Waals surface area contributed by atoms with Gasteiger partial charge in [-0.05, 0) is 19.7 Å². The van der Waals surface area contributed by atoms with Crippen molar-refractivity contribution in [3.63, 3.8) is 0 Å². The van der Waals surface area contributed by atoms with Crippen LogP contribution >= 0.6 is 11.6 Å². The quantitative estimate of drug-likeness (QED) is 0.851. The molecule has 1 fully saturated rings. The van der Waals surface area contributed by atoms with Gasteiger partial charge in [0.2, 0.25) is 5.91 Å². The summed E-state index contributed by atoms with van der Waals surface area (Å²) in [6.45, 7) is 3.70. The Labute approximate surface area is 125 Å². The molecular formula is C15H22ClN3O. The number of halogens is 1. The standard InChI is InChI=1S/C15H22ClN3O/c1-18-8-9-19(2)13(11-18)10-17-15(20)14(16)12-6-4-3-5-7-12/h3-7,13-14H,8-11H2,1-2H3,(H,17,20). The van der Waals surface area contributed by atoms with Crippen LogP contribution in [0.15, 0.2) is 30.3 Å². The summed E-state index contributed by atoms with van der Waals surface area (Å²) < 4.78 is 0. The monoisotopic (exact) mass is 295 g/mol. The van der Waals surface area contributed by atoms with Crippen LogP contribution in [0.2, 0.25) is 0 Å². The van der Waals surface area contributed by atoms with E-state index in [1.54, 1.807) is 0 Å². The molecule has 0 saturated carbocycles. The Morgan fingerprint density at radius 2 is 2.05 bits per heavy atom. The lowest BCUT2D eigenvalue weighted by Gasteiger charge is -2.37. The second-order valence-electron chi connectivity index (χ2n) is 5.42. The molecule has 1 aromatic rings. The Morgan fingerprint density at radius 1 is 1.35 bits per heavy atom. The van der Waals surface area contributed by atoms with Crippen LogP contribution in [0, 0.1) is 0 Å². The molecule has 110 valence electrons. The zero-order valence-electron chi connectivity index (χ0n) is 12.1. The lowest BCUT2D eigenvalue weighted by molar-refractivity contribution is -0.121. The Kier molecular flexibility index (Phi) is 5.40. The van der Waals surface area contributed by atoms with Crippen molar-refractivity contribution in [2.75, 3.05) is 40.3 Å². The normalized spacial score (nSPS) is 22.4. The van der Waals surface area contributed by atoms with Gasteiger partial charge in [0.15, 0.2) is 0 Å². The molecule has 1 aliphatic heterocycles. The fraction of sp³-hybridized carbons (Fsp3) is 0.533. The molecule has 1 aliphatic rings. The first kappa shape index (κ1) is 15.3. The molecule has 0 aliphatic carbocycles. The van der Waals surface area contributed by atoms with Crippen molar-refractivity contribution in [1.29, 1.82) is 0 Å². The third-order valence-corrected chi connectivity index (χ3v) is 4.26. The molecule has 0 radical (unpaired) electrons. The van der Waals surface area contributed by atoms with Crippen molar-refractivity contribution in [3.8, 4) is 0 Å². The fourth-order valence-electron chi connectivity index (χ4n) is 2.40. The summed E-state index contributed by atoms with van der Waals surface area (Å²) in [6.07, 6.45) is 0. The highest BCUT2D eigenvalue weighted by Crippen LogP contribution is 2.19. The van der Waals surface area contributed by atoms with E-state index in [0.29, 0.717) is 12.6 Å². The van der Waals surface area contributed by atoms with Gasteiger partial charge in [0.05, 0.1) is 0 Å². The van der Waals surface area contributed by atoms with E-state index in [1.165, 1.54) is 0 Å². The van der Waals surface area contributed by atoms with Crippen LogP contribution in [0.25, 0.3) is 0 Å². The molecule has 5 heteroatoms. The number of nitrogens with zero attached hydrogens (tertiary/aromatic N) is 2. The number of hydrogen-bond donors (Lipinski definition) is 1. The van der Waals surface area contributed by atoms with Gasteiger partial charge >= 0.3 is 0 Å². The maximum atomic E-state index is 12.1. The Balaban J connectivity index is 1.85. The van der Waals surface area contributed by atoms with E-state index in [2.05, 4.69) is 29.2 Å². The van der Waals surface area contributed by atoms with E-state index in [-0.39, 0.29) is 5.91 Å². The molecule has 1 heterocycles. The van der Waals surface area contributed by atoms with Crippen LogP contribution in [-0.2, 0) is 4.79 Å². The SMILES string of the molecule is CN1CCN(C)C(CNC(=O)C(Cl)c2ccccc2)C1. The predicted octanol–water partition coefficient (Wildman–Crippen LogP) is 1.33. The molecule has 20 heavy (non-hydrogen) atoms. The second kappa shape index (κ2) is 7.07. The largest absolute Gasteiger partial charge is 0.353 e. The van der Waals surface area contributed by atoms with Gasteiger partial charge in [0, 0.05) is 32.2 Å². The molecule has 2 unspecified atom stereocenters. The molecule has 2 atom stereocenters. The Hall–Kier alpha value is -1.10. The number of likely N-dealkylation sites (N-methyl/N-ethyl adjacent to an activating group) is 2. The van der Waals surface area contributed by atoms with Gasteiger partial charge in [0.25, 0.3) is 0 Å². The average molecular weight is 296 g/mol. The zero-order valence-corrected chi connectivity index (χ0v) is 12.8. The highest BCUT2D eigenvalue weighted by atomic mass is 35.5. The highest BCUT2D eigenvalue weighted by molar-refractivity contribution is 6.30. The molecule has 1 saturated heterocycles. The van der Waals surface area contributed by atoms with E-state index in [1.807, 2.05) is 30.3 Å². The third kappa shape index (κ3) is 3.95. The van der Waals surface area contributed by atoms with Crippen LogP contribution in [-0.4, -0.2) is 62.0 Å². The lowest BCUT2D eigenvalue weighted by Crippen LogP contribution is -2.54. The summed E-state index contributed by atoms with van der Waals surface area (Å²) in [7, 11) is 4.20. The predicted molar refractivity (Wildman–Crippen MR) is 82.0 cm³/mol. The number of nitrogens with one attached hydrogen (secondary N) is 1. The Bertz CT molecular complexity index is 440. The van der Waals surface area contributed by atoms with Gasteiger partial charge in [-0.1, -0.05) is 30.3 Å². The number of carbonyl (C=O) groups excluding carboxylic acids is 1. The molecule has 1 amide bonds. The molecule has 0 bridgehead atoms. The summed E-state index contributed by atoms with van der Waals surface area (Å²) in [4.78, 5) is 16.7. The van der Waals surface area contributed by atoms with Gasteiger partial charge in [0.1, 0.15) is 5.38 Å². The highest BCUT2D eigenvalue weighted by Gasteiger charge is 2.24. The van der Waals surface area contributed by atoms with Gasteiger partial charge < -0.3 is 10.2 Å².